The quantitative estimate of drug-likeness (QED) is 0.188. The second kappa shape index (κ2) is 14.0. The predicted molar refractivity (Wildman–Crippen MR) is 183 cm³/mol. The van der Waals surface area contributed by atoms with Gasteiger partial charge < -0.3 is 24.0 Å². The number of ether oxygens (including phenoxy) is 3. The van der Waals surface area contributed by atoms with Crippen molar-refractivity contribution in [3.8, 4) is 11.4 Å². The van der Waals surface area contributed by atoms with Gasteiger partial charge in [-0.05, 0) is 80.1 Å². The molecule has 49 heavy (non-hydrogen) atoms. The molecule has 256 valence electrons. The number of halogens is 2. The summed E-state index contributed by atoms with van der Waals surface area (Å²) in [5.74, 6) is -0.995. The summed E-state index contributed by atoms with van der Waals surface area (Å²) in [4.78, 5) is 21.5. The maximum atomic E-state index is 13.8. The zero-order valence-corrected chi connectivity index (χ0v) is 28.1. The molecule has 0 N–H and O–H groups in total. The number of piperazine rings is 1. The highest BCUT2D eigenvalue weighted by molar-refractivity contribution is 6.31. The number of aromatic nitrogens is 6. The molecule has 0 saturated carbocycles. The Morgan fingerprint density at radius 1 is 0.959 bits per heavy atom. The van der Waals surface area contributed by atoms with Gasteiger partial charge in [0, 0.05) is 43.1 Å². The molecule has 4 heterocycles. The van der Waals surface area contributed by atoms with E-state index in [1.165, 1.54) is 23.1 Å². The van der Waals surface area contributed by atoms with Gasteiger partial charge in [0.1, 0.15) is 49.8 Å². The molecule has 5 aromatic rings. The third kappa shape index (κ3) is 6.91. The zero-order chi connectivity index (χ0) is 34.0. The minimum absolute atomic E-state index is 0.0587. The lowest BCUT2D eigenvalue weighted by Gasteiger charge is -2.37. The largest absolute Gasteiger partial charge is 0.491 e. The Hall–Kier alpha value is -4.72. The summed E-state index contributed by atoms with van der Waals surface area (Å²) in [7, 11) is 0. The number of hydrogen-bond acceptors (Lipinski definition) is 9. The lowest BCUT2D eigenvalue weighted by Crippen LogP contribution is -2.46. The topological polar surface area (TPSA) is 105 Å². The van der Waals surface area contributed by atoms with E-state index in [9.17, 15) is 9.18 Å². The van der Waals surface area contributed by atoms with E-state index in [1.54, 1.807) is 28.0 Å². The predicted octanol–water partition coefficient (Wildman–Crippen LogP) is 5.06. The van der Waals surface area contributed by atoms with Gasteiger partial charge in [0.15, 0.2) is 0 Å². The van der Waals surface area contributed by atoms with E-state index in [4.69, 9.17) is 25.8 Å². The van der Waals surface area contributed by atoms with Crippen molar-refractivity contribution in [2.45, 2.75) is 44.7 Å². The maximum absolute atomic E-state index is 13.8. The lowest BCUT2D eigenvalue weighted by atomic mass is 10.1. The Labute approximate surface area is 288 Å². The molecule has 3 aromatic carbocycles. The fourth-order valence-corrected chi connectivity index (χ4v) is 6.55. The molecule has 2 aliphatic heterocycles. The van der Waals surface area contributed by atoms with E-state index in [-0.39, 0.29) is 36.5 Å². The standard InChI is InChI=1S/C35H38ClFN8O4/c1-3-25(2)45-34(46)44(24-40-45)29-7-5-27(6-8-29)41-14-16-42(17-15-41)28-9-11-30(12-10-28)47-19-31-20-48-35(49-31,21-43-23-38-22-39-43)32-13-4-26(37)18-33(32)36/h4-13,18,22-25,31H,3,14-17,19-21H2,1-2H3/t25?,31-,35-/m0/s1. The third-order valence-corrected chi connectivity index (χ3v) is 9.46. The van der Waals surface area contributed by atoms with Crippen LogP contribution in [-0.2, 0) is 21.8 Å². The second-order valence-electron chi connectivity index (χ2n) is 12.3. The summed E-state index contributed by atoms with van der Waals surface area (Å²) < 4.78 is 37.2. The smallest absolute Gasteiger partial charge is 0.350 e. The van der Waals surface area contributed by atoms with Crippen LogP contribution in [0.15, 0.2) is 90.5 Å². The van der Waals surface area contributed by atoms with Crippen molar-refractivity contribution >= 4 is 23.0 Å². The summed E-state index contributed by atoms with van der Waals surface area (Å²) in [6.45, 7) is 8.23. The van der Waals surface area contributed by atoms with Crippen LogP contribution in [0.1, 0.15) is 31.9 Å². The van der Waals surface area contributed by atoms with Crippen LogP contribution in [0.25, 0.3) is 5.69 Å². The highest BCUT2D eigenvalue weighted by Crippen LogP contribution is 2.40. The molecule has 14 heteroatoms. The van der Waals surface area contributed by atoms with Crippen LogP contribution in [0, 0.1) is 5.82 Å². The normalized spacial score (nSPS) is 20.1. The molecule has 0 bridgehead atoms. The van der Waals surface area contributed by atoms with Crippen LogP contribution in [0.5, 0.6) is 5.75 Å². The Morgan fingerprint density at radius 2 is 1.63 bits per heavy atom. The molecule has 0 radical (unpaired) electrons. The van der Waals surface area contributed by atoms with Crippen LogP contribution < -0.4 is 20.2 Å². The summed E-state index contributed by atoms with van der Waals surface area (Å²) in [6.07, 6.45) is 5.03. The molecule has 1 unspecified atom stereocenters. The van der Waals surface area contributed by atoms with Gasteiger partial charge >= 0.3 is 5.69 Å². The molecule has 0 amide bonds. The summed E-state index contributed by atoms with van der Waals surface area (Å²) in [6, 6.07) is 20.3. The van der Waals surface area contributed by atoms with Gasteiger partial charge in [-0.2, -0.15) is 10.2 Å². The molecular weight excluding hydrogens is 651 g/mol. The van der Waals surface area contributed by atoms with Gasteiger partial charge in [0.25, 0.3) is 0 Å². The molecule has 2 fully saturated rings. The fraction of sp³-hybridized carbons (Fsp3) is 0.371. The zero-order valence-electron chi connectivity index (χ0n) is 27.4. The van der Waals surface area contributed by atoms with E-state index in [2.05, 4.69) is 49.2 Å². The second-order valence-corrected chi connectivity index (χ2v) is 12.7. The summed E-state index contributed by atoms with van der Waals surface area (Å²) in [5.41, 5.74) is 3.44. The fourth-order valence-electron chi connectivity index (χ4n) is 6.24. The van der Waals surface area contributed by atoms with Crippen molar-refractivity contribution in [1.82, 2.24) is 29.1 Å². The number of nitrogens with zero attached hydrogens (tertiary/aromatic N) is 8. The van der Waals surface area contributed by atoms with Gasteiger partial charge in [-0.25, -0.2) is 28.1 Å². The van der Waals surface area contributed by atoms with Crippen molar-refractivity contribution in [2.75, 3.05) is 49.2 Å². The molecule has 7 rings (SSSR count). The van der Waals surface area contributed by atoms with E-state index in [1.807, 2.05) is 38.1 Å². The molecule has 2 aliphatic rings. The number of anilines is 2. The molecule has 12 nitrogen and oxygen atoms in total. The monoisotopic (exact) mass is 688 g/mol. The lowest BCUT2D eigenvalue weighted by molar-refractivity contribution is -0.190. The average molecular weight is 689 g/mol. The first-order valence-electron chi connectivity index (χ1n) is 16.4. The van der Waals surface area contributed by atoms with Gasteiger partial charge in [-0.1, -0.05) is 18.5 Å². The van der Waals surface area contributed by atoms with Gasteiger partial charge in [0.2, 0.25) is 5.79 Å². The van der Waals surface area contributed by atoms with E-state index in [0.29, 0.717) is 11.3 Å². The molecular formula is C35H38ClFN8O4. The molecule has 0 spiro atoms. The number of benzene rings is 3. The highest BCUT2D eigenvalue weighted by atomic mass is 35.5. The van der Waals surface area contributed by atoms with Gasteiger partial charge in [0.05, 0.1) is 23.4 Å². The maximum Gasteiger partial charge on any atom is 0.350 e. The Kier molecular flexibility index (Phi) is 9.39. The van der Waals surface area contributed by atoms with Crippen molar-refractivity contribution < 1.29 is 18.6 Å². The van der Waals surface area contributed by atoms with Crippen molar-refractivity contribution in [3.63, 3.8) is 0 Å². The SMILES string of the molecule is CCC(C)n1ncn(-c2ccc(N3CCN(c4ccc(OC[C@H]5CO[C@](Cn6cncn6)(c6ccc(F)cc6Cl)O5)cc4)CC3)cc2)c1=O. The van der Waals surface area contributed by atoms with E-state index >= 15 is 0 Å². The molecule has 2 aromatic heterocycles. The van der Waals surface area contributed by atoms with Gasteiger partial charge in [-0.15, -0.1) is 0 Å². The van der Waals surface area contributed by atoms with Crippen LogP contribution in [0.3, 0.4) is 0 Å². The van der Waals surface area contributed by atoms with Crippen molar-refractivity contribution in [1.29, 1.82) is 0 Å². The Morgan fingerprint density at radius 3 is 2.27 bits per heavy atom. The molecule has 3 atom stereocenters. The van der Waals surface area contributed by atoms with E-state index < -0.39 is 17.7 Å². The molecule has 2 saturated heterocycles. The average Bonchev–Trinajstić information content (AvgIpc) is 3.88. The number of hydrogen-bond donors (Lipinski definition) is 0. The minimum Gasteiger partial charge on any atom is -0.491 e. The Bertz CT molecular complexity index is 1910. The molecule has 0 aliphatic carbocycles. The number of rotatable bonds is 11. The highest BCUT2D eigenvalue weighted by Gasteiger charge is 2.45. The van der Waals surface area contributed by atoms with Crippen LogP contribution in [-0.4, -0.2) is 74.6 Å². The summed E-state index contributed by atoms with van der Waals surface area (Å²) >= 11 is 6.43. The van der Waals surface area contributed by atoms with Gasteiger partial charge in [-0.3, -0.25) is 0 Å². The first-order chi connectivity index (χ1) is 23.8. The summed E-state index contributed by atoms with van der Waals surface area (Å²) in [5, 5.41) is 8.68. The van der Waals surface area contributed by atoms with E-state index in [0.717, 1.165) is 49.7 Å². The third-order valence-electron chi connectivity index (χ3n) is 9.15. The van der Waals surface area contributed by atoms with Crippen molar-refractivity contribution in [2.24, 2.45) is 0 Å². The first kappa shape index (κ1) is 32.8. The Balaban J connectivity index is 0.925. The first-order valence-corrected chi connectivity index (χ1v) is 16.8. The van der Waals surface area contributed by atoms with Crippen LogP contribution >= 0.6 is 11.6 Å². The minimum atomic E-state index is -1.27. The van der Waals surface area contributed by atoms with Crippen LogP contribution in [0.4, 0.5) is 15.8 Å². The van der Waals surface area contributed by atoms with Crippen LogP contribution in [0.2, 0.25) is 5.02 Å². The van der Waals surface area contributed by atoms with Crippen molar-refractivity contribution in [3.05, 3.63) is 113 Å².